The number of piperazine rings is 1. The summed E-state index contributed by atoms with van der Waals surface area (Å²) >= 11 is 0. The molecule has 7 nitrogen and oxygen atoms in total. The second kappa shape index (κ2) is 9.28. The maximum Gasteiger partial charge on any atom is 0.251 e. The van der Waals surface area contributed by atoms with Gasteiger partial charge in [0.2, 0.25) is 15.9 Å². The molecule has 1 heterocycles. The molecule has 1 aromatic rings. The normalized spacial score (nSPS) is 25.3. The Morgan fingerprint density at radius 2 is 1.65 bits per heavy atom. The molecule has 1 N–H and O–H groups in total. The Balaban J connectivity index is 1.28. The van der Waals surface area contributed by atoms with Gasteiger partial charge < -0.3 is 10.2 Å². The number of rotatable bonds is 6. The van der Waals surface area contributed by atoms with E-state index >= 15 is 0 Å². The highest BCUT2D eigenvalue weighted by Crippen LogP contribution is 2.48. The van der Waals surface area contributed by atoms with Crippen molar-refractivity contribution in [3.05, 3.63) is 29.8 Å². The van der Waals surface area contributed by atoms with Crippen LogP contribution in [-0.4, -0.2) is 62.2 Å². The third kappa shape index (κ3) is 5.12. The molecule has 2 amide bonds. The molecular weight excluding hydrogens is 414 g/mol. The highest BCUT2D eigenvalue weighted by atomic mass is 32.2. The van der Waals surface area contributed by atoms with Crippen LogP contribution in [0.15, 0.2) is 29.2 Å². The molecule has 4 rings (SSSR count). The minimum atomic E-state index is -3.63. The molecule has 31 heavy (non-hydrogen) atoms. The zero-order chi connectivity index (χ0) is 22.0. The molecular formula is C23H33N3O4S. The minimum Gasteiger partial charge on any atom is -0.352 e. The number of hydrogen-bond acceptors (Lipinski definition) is 4. The average Bonchev–Trinajstić information content (AvgIpc) is 3.58. The Morgan fingerprint density at radius 1 is 1.00 bits per heavy atom. The maximum atomic E-state index is 12.9. The molecule has 3 aliphatic rings. The summed E-state index contributed by atoms with van der Waals surface area (Å²) in [7, 11) is -3.63. The van der Waals surface area contributed by atoms with Crippen LogP contribution in [0.1, 0.15) is 55.8 Å². The van der Waals surface area contributed by atoms with Crippen LogP contribution in [0.5, 0.6) is 0 Å². The van der Waals surface area contributed by atoms with Crippen LogP contribution in [0.25, 0.3) is 0 Å². The van der Waals surface area contributed by atoms with Crippen molar-refractivity contribution in [2.45, 2.75) is 50.3 Å². The largest absolute Gasteiger partial charge is 0.352 e. The first-order chi connectivity index (χ1) is 14.9. The van der Waals surface area contributed by atoms with Gasteiger partial charge in [-0.15, -0.1) is 0 Å². The molecule has 0 aromatic heterocycles. The topological polar surface area (TPSA) is 86.8 Å². The Labute approximate surface area is 185 Å². The molecule has 0 bridgehead atoms. The van der Waals surface area contributed by atoms with E-state index in [1.807, 2.05) is 0 Å². The molecule has 0 spiro atoms. The lowest BCUT2D eigenvalue weighted by molar-refractivity contribution is -0.129. The van der Waals surface area contributed by atoms with E-state index in [1.165, 1.54) is 61.9 Å². The van der Waals surface area contributed by atoms with E-state index in [9.17, 15) is 18.0 Å². The SMILES string of the molecule is CC(=O)N1CCN(S(=O)(=O)c2ccc(C(=O)NC[C@H]3C[C@@H]3C3CCCCC3)cc2)CC1. The summed E-state index contributed by atoms with van der Waals surface area (Å²) < 4.78 is 27.2. The van der Waals surface area contributed by atoms with Crippen LogP contribution >= 0.6 is 0 Å². The minimum absolute atomic E-state index is 0.0383. The zero-order valence-electron chi connectivity index (χ0n) is 18.3. The van der Waals surface area contributed by atoms with Gasteiger partial charge in [-0.05, 0) is 48.4 Å². The van der Waals surface area contributed by atoms with Crippen LogP contribution in [0, 0.1) is 17.8 Å². The first-order valence-electron chi connectivity index (χ1n) is 11.5. The van der Waals surface area contributed by atoms with Crippen molar-refractivity contribution in [1.82, 2.24) is 14.5 Å². The van der Waals surface area contributed by atoms with Crippen molar-refractivity contribution in [1.29, 1.82) is 0 Å². The van der Waals surface area contributed by atoms with Crippen LogP contribution < -0.4 is 5.32 Å². The predicted octanol–water partition coefficient (Wildman–Crippen LogP) is 2.49. The monoisotopic (exact) mass is 447 g/mol. The van der Waals surface area contributed by atoms with Crippen molar-refractivity contribution in [3.8, 4) is 0 Å². The van der Waals surface area contributed by atoms with Gasteiger partial charge in [0.15, 0.2) is 0 Å². The summed E-state index contributed by atoms with van der Waals surface area (Å²) in [5.74, 6) is 2.03. The van der Waals surface area contributed by atoms with Crippen molar-refractivity contribution >= 4 is 21.8 Å². The van der Waals surface area contributed by atoms with Crippen LogP contribution in [-0.2, 0) is 14.8 Å². The van der Waals surface area contributed by atoms with E-state index in [4.69, 9.17) is 0 Å². The fourth-order valence-electron chi connectivity index (χ4n) is 5.14. The van der Waals surface area contributed by atoms with E-state index in [1.54, 1.807) is 17.0 Å². The van der Waals surface area contributed by atoms with Gasteiger partial charge in [-0.3, -0.25) is 9.59 Å². The number of nitrogens with zero attached hydrogens (tertiary/aromatic N) is 2. The first-order valence-corrected chi connectivity index (χ1v) is 12.9. The number of amides is 2. The van der Waals surface area contributed by atoms with Crippen molar-refractivity contribution in [3.63, 3.8) is 0 Å². The third-order valence-corrected chi connectivity index (χ3v) is 9.11. The highest BCUT2D eigenvalue weighted by Gasteiger charge is 2.42. The smallest absolute Gasteiger partial charge is 0.251 e. The van der Waals surface area contributed by atoms with E-state index in [2.05, 4.69) is 5.32 Å². The van der Waals surface area contributed by atoms with Crippen molar-refractivity contribution in [2.75, 3.05) is 32.7 Å². The second-order valence-corrected chi connectivity index (χ2v) is 11.1. The summed E-state index contributed by atoms with van der Waals surface area (Å²) in [6.45, 7) is 3.57. The molecule has 2 aliphatic carbocycles. The number of carbonyl (C=O) groups is 2. The molecule has 2 atom stereocenters. The maximum absolute atomic E-state index is 12.9. The van der Waals surface area contributed by atoms with E-state index in [0.717, 1.165) is 11.8 Å². The number of nitrogens with one attached hydrogen (secondary N) is 1. The standard InChI is InChI=1S/C23H33N3O4S/c1-17(27)25-11-13-26(14-12-25)31(29,30)21-9-7-19(8-10-21)23(28)24-16-20-15-22(20)18-5-3-2-4-6-18/h7-10,18,20,22H,2-6,11-16H2,1H3,(H,24,28)/t20-,22-/m1/s1. The zero-order valence-corrected chi connectivity index (χ0v) is 19.1. The van der Waals surface area contributed by atoms with Gasteiger partial charge in [0.1, 0.15) is 0 Å². The molecule has 0 unspecified atom stereocenters. The lowest BCUT2D eigenvalue weighted by Gasteiger charge is -2.33. The number of benzene rings is 1. The molecule has 1 saturated heterocycles. The fraction of sp³-hybridized carbons (Fsp3) is 0.652. The third-order valence-electron chi connectivity index (χ3n) is 7.20. The molecule has 0 radical (unpaired) electrons. The van der Waals surface area contributed by atoms with Crippen LogP contribution in [0.2, 0.25) is 0 Å². The molecule has 1 aromatic carbocycles. The Kier molecular flexibility index (Phi) is 6.67. The lowest BCUT2D eigenvalue weighted by atomic mass is 9.85. The molecule has 1 aliphatic heterocycles. The van der Waals surface area contributed by atoms with E-state index < -0.39 is 10.0 Å². The van der Waals surface area contributed by atoms with Gasteiger partial charge in [0.05, 0.1) is 4.90 Å². The predicted molar refractivity (Wildman–Crippen MR) is 118 cm³/mol. The Hall–Kier alpha value is -1.93. The number of hydrogen-bond donors (Lipinski definition) is 1. The van der Waals surface area contributed by atoms with Crippen LogP contribution in [0.4, 0.5) is 0 Å². The Bertz CT molecular complexity index is 901. The van der Waals surface area contributed by atoms with E-state index in [-0.39, 0.29) is 29.8 Å². The summed E-state index contributed by atoms with van der Waals surface area (Å²) in [4.78, 5) is 25.8. The van der Waals surface area contributed by atoms with Crippen molar-refractivity contribution < 1.29 is 18.0 Å². The van der Waals surface area contributed by atoms with Gasteiger partial charge in [-0.1, -0.05) is 32.1 Å². The summed E-state index contributed by atoms with van der Waals surface area (Å²) in [6.07, 6.45) is 7.97. The summed E-state index contributed by atoms with van der Waals surface area (Å²) in [5.41, 5.74) is 0.482. The molecule has 8 heteroatoms. The average molecular weight is 448 g/mol. The van der Waals surface area contributed by atoms with Gasteiger partial charge in [-0.2, -0.15) is 4.31 Å². The summed E-state index contributed by atoms with van der Waals surface area (Å²) in [5, 5.41) is 3.03. The molecule has 170 valence electrons. The first kappa shape index (κ1) is 22.3. The quantitative estimate of drug-likeness (QED) is 0.726. The lowest BCUT2D eigenvalue weighted by Crippen LogP contribution is -2.49. The number of carbonyl (C=O) groups excluding carboxylic acids is 2. The van der Waals surface area contributed by atoms with Gasteiger partial charge in [0, 0.05) is 45.2 Å². The van der Waals surface area contributed by atoms with Crippen molar-refractivity contribution in [2.24, 2.45) is 17.8 Å². The van der Waals surface area contributed by atoms with Gasteiger partial charge in [-0.25, -0.2) is 8.42 Å². The van der Waals surface area contributed by atoms with Gasteiger partial charge >= 0.3 is 0 Å². The number of sulfonamides is 1. The Morgan fingerprint density at radius 3 is 2.26 bits per heavy atom. The molecule has 2 saturated carbocycles. The van der Waals surface area contributed by atoms with Gasteiger partial charge in [0.25, 0.3) is 5.91 Å². The van der Waals surface area contributed by atoms with E-state index in [0.29, 0.717) is 31.1 Å². The highest BCUT2D eigenvalue weighted by molar-refractivity contribution is 7.89. The van der Waals surface area contributed by atoms with Crippen LogP contribution in [0.3, 0.4) is 0 Å². The fourth-order valence-corrected chi connectivity index (χ4v) is 6.56. The second-order valence-electron chi connectivity index (χ2n) is 9.20. The summed E-state index contributed by atoms with van der Waals surface area (Å²) in [6, 6.07) is 6.17. The molecule has 3 fully saturated rings.